The van der Waals surface area contributed by atoms with Crippen molar-refractivity contribution in [3.63, 3.8) is 0 Å². The Balaban J connectivity index is 0.00000225. The number of hydrogen-bond donors (Lipinski definition) is 3. The van der Waals surface area contributed by atoms with Crippen LogP contribution in [0.5, 0.6) is 0 Å². The summed E-state index contributed by atoms with van der Waals surface area (Å²) in [7, 11) is 1.36. The lowest BCUT2D eigenvalue weighted by Gasteiger charge is -2.12. The third-order valence-corrected chi connectivity index (χ3v) is 4.17. The van der Waals surface area contributed by atoms with Crippen molar-refractivity contribution in [3.8, 4) is 11.3 Å². The Labute approximate surface area is 151 Å². The van der Waals surface area contributed by atoms with Gasteiger partial charge < -0.3 is 15.4 Å². The number of carbonyl (C=O) groups excluding carboxylic acids is 2. The third kappa shape index (κ3) is 4.00. The van der Waals surface area contributed by atoms with Crippen LogP contribution in [0.15, 0.2) is 30.3 Å². The molecule has 134 valence electrons. The van der Waals surface area contributed by atoms with Gasteiger partial charge in [0.1, 0.15) is 11.7 Å². The van der Waals surface area contributed by atoms with E-state index in [0.717, 1.165) is 5.56 Å². The Hall–Kier alpha value is -2.38. The second kappa shape index (κ2) is 8.13. The lowest BCUT2D eigenvalue weighted by molar-refractivity contribution is -0.142. The summed E-state index contributed by atoms with van der Waals surface area (Å²) < 4.78 is 4.73. The maximum atomic E-state index is 12.7. The van der Waals surface area contributed by atoms with Crippen molar-refractivity contribution in [2.75, 3.05) is 13.7 Å². The Bertz CT molecular complexity index is 748. The highest BCUT2D eigenvalue weighted by Gasteiger charge is 2.32. The lowest BCUT2D eigenvalue weighted by atomic mass is 10.0. The fraction of sp³-hybridized carbons (Fsp3) is 0.353. The van der Waals surface area contributed by atoms with E-state index in [9.17, 15) is 9.59 Å². The normalized spacial score (nSPS) is 19.1. The minimum absolute atomic E-state index is 0. The number of esters is 1. The number of methoxy groups -OCH3 is 1. The van der Waals surface area contributed by atoms with Crippen molar-refractivity contribution in [1.82, 2.24) is 20.8 Å². The summed E-state index contributed by atoms with van der Waals surface area (Å²) in [5.41, 5.74) is 2.75. The van der Waals surface area contributed by atoms with Crippen LogP contribution < -0.4 is 10.6 Å². The minimum atomic E-state index is -0.376. The number of halogens is 1. The number of aromatic amines is 1. The van der Waals surface area contributed by atoms with Crippen LogP contribution in [0, 0.1) is 6.92 Å². The summed E-state index contributed by atoms with van der Waals surface area (Å²) in [6.07, 6.45) is 0.510. The molecule has 0 radical (unpaired) electrons. The lowest BCUT2D eigenvalue weighted by Crippen LogP contribution is -2.36. The van der Waals surface area contributed by atoms with E-state index in [0.29, 0.717) is 29.9 Å². The quantitative estimate of drug-likeness (QED) is 0.713. The second-order valence-electron chi connectivity index (χ2n) is 5.83. The molecule has 1 saturated heterocycles. The molecule has 1 fully saturated rings. The molecule has 0 bridgehead atoms. The van der Waals surface area contributed by atoms with Gasteiger partial charge in [-0.3, -0.25) is 14.7 Å². The van der Waals surface area contributed by atoms with Crippen molar-refractivity contribution in [3.05, 3.63) is 41.6 Å². The van der Waals surface area contributed by atoms with Gasteiger partial charge in [-0.25, -0.2) is 0 Å². The number of aryl methyl sites for hydroxylation is 1. The third-order valence-electron chi connectivity index (χ3n) is 4.17. The minimum Gasteiger partial charge on any atom is -0.468 e. The Morgan fingerprint density at radius 3 is 2.68 bits per heavy atom. The van der Waals surface area contributed by atoms with Crippen molar-refractivity contribution >= 4 is 24.3 Å². The molecule has 3 N–H and O–H groups in total. The zero-order chi connectivity index (χ0) is 17.1. The molecular formula is C17H21ClN4O3. The summed E-state index contributed by atoms with van der Waals surface area (Å²) in [6, 6.07) is 9.05. The van der Waals surface area contributed by atoms with Crippen molar-refractivity contribution in [2.45, 2.75) is 25.4 Å². The van der Waals surface area contributed by atoms with Crippen molar-refractivity contribution in [2.24, 2.45) is 0 Å². The predicted molar refractivity (Wildman–Crippen MR) is 95.7 cm³/mol. The van der Waals surface area contributed by atoms with Gasteiger partial charge in [-0.1, -0.05) is 30.3 Å². The predicted octanol–water partition coefficient (Wildman–Crippen LogP) is 1.44. The van der Waals surface area contributed by atoms with Crippen LogP contribution >= 0.6 is 12.4 Å². The van der Waals surface area contributed by atoms with Gasteiger partial charge in [-0.2, -0.15) is 5.10 Å². The van der Waals surface area contributed by atoms with Gasteiger partial charge in [0.15, 0.2) is 0 Å². The number of hydrogen-bond acceptors (Lipinski definition) is 5. The van der Waals surface area contributed by atoms with E-state index in [4.69, 9.17) is 4.74 Å². The molecule has 0 unspecified atom stereocenters. The molecular weight excluding hydrogens is 344 g/mol. The second-order valence-corrected chi connectivity index (χ2v) is 5.83. The first-order valence-electron chi connectivity index (χ1n) is 7.82. The van der Waals surface area contributed by atoms with E-state index in [1.807, 2.05) is 37.3 Å². The highest BCUT2D eigenvalue weighted by Crippen LogP contribution is 2.23. The number of amides is 1. The molecule has 1 amide bonds. The van der Waals surface area contributed by atoms with E-state index in [1.165, 1.54) is 7.11 Å². The molecule has 7 nitrogen and oxygen atoms in total. The Morgan fingerprint density at radius 2 is 2.00 bits per heavy atom. The van der Waals surface area contributed by atoms with Crippen LogP contribution in [0.2, 0.25) is 0 Å². The Kier molecular flexibility index (Phi) is 6.17. The van der Waals surface area contributed by atoms with Gasteiger partial charge in [0.25, 0.3) is 5.91 Å². The molecule has 3 rings (SSSR count). The first-order valence-corrected chi connectivity index (χ1v) is 7.82. The Morgan fingerprint density at radius 1 is 1.28 bits per heavy atom. The number of rotatable bonds is 4. The highest BCUT2D eigenvalue weighted by molar-refractivity contribution is 6.01. The molecule has 0 saturated carbocycles. The highest BCUT2D eigenvalue weighted by atomic mass is 35.5. The standard InChI is InChI=1S/C17H20N4O3.ClH/c1-10-14(15(21-20-10)11-6-4-3-5-7-11)16(22)19-12-8-13(18-9-12)17(23)24-2;/h3-7,12-13,18H,8-9H2,1-2H3,(H,19,22)(H,20,21);1H/t12-,13-;/m0./s1. The van der Waals surface area contributed by atoms with Gasteiger partial charge >= 0.3 is 5.97 Å². The van der Waals surface area contributed by atoms with E-state index in [-0.39, 0.29) is 36.4 Å². The van der Waals surface area contributed by atoms with E-state index in [2.05, 4.69) is 20.8 Å². The number of H-pyrrole nitrogens is 1. The van der Waals surface area contributed by atoms with Crippen LogP contribution in [0.4, 0.5) is 0 Å². The van der Waals surface area contributed by atoms with Crippen molar-refractivity contribution < 1.29 is 14.3 Å². The molecule has 25 heavy (non-hydrogen) atoms. The molecule has 1 aromatic heterocycles. The van der Waals surface area contributed by atoms with E-state index >= 15 is 0 Å². The molecule has 1 aliphatic rings. The molecule has 8 heteroatoms. The molecule has 1 aliphatic heterocycles. The van der Waals surface area contributed by atoms with Gasteiger partial charge in [0.05, 0.1) is 12.7 Å². The number of carbonyl (C=O) groups is 2. The average Bonchev–Trinajstić information content (AvgIpc) is 3.21. The van der Waals surface area contributed by atoms with Crippen LogP contribution in [0.1, 0.15) is 22.5 Å². The largest absolute Gasteiger partial charge is 0.468 e. The fourth-order valence-corrected chi connectivity index (χ4v) is 2.94. The number of nitrogens with one attached hydrogen (secondary N) is 3. The van der Waals surface area contributed by atoms with Crippen LogP contribution in [0.25, 0.3) is 11.3 Å². The molecule has 2 aromatic rings. The van der Waals surface area contributed by atoms with Gasteiger partial charge in [0, 0.05) is 23.8 Å². The van der Waals surface area contributed by atoms with Gasteiger partial charge in [0.2, 0.25) is 0 Å². The van der Waals surface area contributed by atoms with E-state index in [1.54, 1.807) is 0 Å². The number of benzene rings is 1. The maximum absolute atomic E-state index is 12.7. The van der Waals surface area contributed by atoms with E-state index < -0.39 is 0 Å². The first-order chi connectivity index (χ1) is 11.6. The van der Waals surface area contributed by atoms with Gasteiger partial charge in [-0.15, -0.1) is 12.4 Å². The average molecular weight is 365 g/mol. The summed E-state index contributed by atoms with van der Waals surface area (Å²) in [5, 5.41) is 13.2. The summed E-state index contributed by atoms with van der Waals surface area (Å²) in [5.74, 6) is -0.506. The zero-order valence-electron chi connectivity index (χ0n) is 14.0. The molecule has 2 heterocycles. The monoisotopic (exact) mass is 364 g/mol. The molecule has 1 aromatic carbocycles. The van der Waals surface area contributed by atoms with Crippen molar-refractivity contribution in [1.29, 1.82) is 0 Å². The van der Waals surface area contributed by atoms with Crippen LogP contribution in [-0.2, 0) is 9.53 Å². The first kappa shape index (κ1) is 19.0. The smallest absolute Gasteiger partial charge is 0.322 e. The van der Waals surface area contributed by atoms with Gasteiger partial charge in [-0.05, 0) is 13.3 Å². The number of ether oxygens (including phenoxy) is 1. The summed E-state index contributed by atoms with van der Waals surface area (Å²) in [4.78, 5) is 24.3. The molecule has 2 atom stereocenters. The summed E-state index contributed by atoms with van der Waals surface area (Å²) in [6.45, 7) is 2.35. The van der Waals surface area contributed by atoms with Crippen LogP contribution in [0.3, 0.4) is 0 Å². The zero-order valence-corrected chi connectivity index (χ0v) is 14.9. The molecule has 0 aliphatic carbocycles. The molecule has 0 spiro atoms. The van der Waals surface area contributed by atoms with Crippen LogP contribution in [-0.4, -0.2) is 47.8 Å². The maximum Gasteiger partial charge on any atom is 0.322 e. The summed E-state index contributed by atoms with van der Waals surface area (Å²) >= 11 is 0. The number of nitrogens with zero attached hydrogens (tertiary/aromatic N) is 1. The SMILES string of the molecule is COC(=O)[C@@H]1C[C@H](NC(=O)c2c(-c3ccccc3)n[nH]c2C)CN1.Cl. The topological polar surface area (TPSA) is 96.1 Å². The number of aromatic nitrogens is 2. The fourth-order valence-electron chi connectivity index (χ4n) is 2.94.